The number of phenolic OH excluding ortho intramolecular Hbond substituents is 1. The summed E-state index contributed by atoms with van der Waals surface area (Å²) in [5, 5.41) is 24.3. The summed E-state index contributed by atoms with van der Waals surface area (Å²) < 4.78 is 6.68. The number of carbonyl (C=O) groups is 1. The summed E-state index contributed by atoms with van der Waals surface area (Å²) in [4.78, 5) is 22.4. The van der Waals surface area contributed by atoms with Crippen molar-refractivity contribution in [1.82, 2.24) is 5.43 Å². The Labute approximate surface area is 180 Å². The van der Waals surface area contributed by atoms with Gasteiger partial charge in [0.05, 0.1) is 11.1 Å². The second-order valence-corrected chi connectivity index (χ2v) is 7.05. The molecule has 3 rings (SSSR count). The van der Waals surface area contributed by atoms with Gasteiger partial charge in [0.25, 0.3) is 11.6 Å². The second kappa shape index (κ2) is 9.66. The van der Waals surface area contributed by atoms with Crippen molar-refractivity contribution in [2.45, 2.75) is 6.61 Å². The molecule has 8 nitrogen and oxygen atoms in total. The van der Waals surface area contributed by atoms with E-state index in [1.807, 2.05) is 24.3 Å². The summed E-state index contributed by atoms with van der Waals surface area (Å²) in [6, 6.07) is 17.8. The average Bonchev–Trinajstić information content (AvgIpc) is 2.74. The molecular formula is C21H16BrN3O5. The van der Waals surface area contributed by atoms with Gasteiger partial charge < -0.3 is 9.84 Å². The highest BCUT2D eigenvalue weighted by molar-refractivity contribution is 9.10. The molecule has 0 spiro atoms. The molecule has 0 saturated carbocycles. The number of hydrazone groups is 1. The maximum Gasteiger partial charge on any atom is 0.271 e. The summed E-state index contributed by atoms with van der Waals surface area (Å²) in [6.45, 7) is 0.399. The Balaban J connectivity index is 1.57. The van der Waals surface area contributed by atoms with Crippen LogP contribution < -0.4 is 10.2 Å². The van der Waals surface area contributed by atoms with Gasteiger partial charge in [-0.3, -0.25) is 14.9 Å². The Morgan fingerprint density at radius 3 is 2.50 bits per heavy atom. The van der Waals surface area contributed by atoms with Crippen LogP contribution in [0.15, 0.2) is 76.3 Å². The van der Waals surface area contributed by atoms with Gasteiger partial charge in [0.2, 0.25) is 0 Å². The molecule has 3 aromatic carbocycles. The van der Waals surface area contributed by atoms with Crippen molar-refractivity contribution in [2.75, 3.05) is 0 Å². The summed E-state index contributed by atoms with van der Waals surface area (Å²) in [5.41, 5.74) is 3.59. The molecule has 0 radical (unpaired) electrons. The van der Waals surface area contributed by atoms with Gasteiger partial charge in [-0.2, -0.15) is 5.10 Å². The van der Waals surface area contributed by atoms with Crippen molar-refractivity contribution >= 4 is 33.7 Å². The molecule has 1 amide bonds. The number of aromatic hydroxyl groups is 1. The number of non-ortho nitro benzene ring substituents is 1. The summed E-state index contributed by atoms with van der Waals surface area (Å²) in [7, 11) is 0. The van der Waals surface area contributed by atoms with Gasteiger partial charge in [-0.15, -0.1) is 0 Å². The van der Waals surface area contributed by atoms with Gasteiger partial charge in [0.15, 0.2) is 0 Å². The Morgan fingerprint density at radius 2 is 1.83 bits per heavy atom. The lowest BCUT2D eigenvalue weighted by Crippen LogP contribution is -2.17. The molecule has 0 aliphatic rings. The van der Waals surface area contributed by atoms with Gasteiger partial charge in [0, 0.05) is 27.7 Å². The van der Waals surface area contributed by atoms with Crippen molar-refractivity contribution in [3.8, 4) is 11.5 Å². The van der Waals surface area contributed by atoms with Crippen molar-refractivity contribution < 1.29 is 19.6 Å². The van der Waals surface area contributed by atoms with Crippen LogP contribution in [0.25, 0.3) is 0 Å². The molecule has 3 aromatic rings. The first-order valence-electron chi connectivity index (χ1n) is 8.70. The lowest BCUT2D eigenvalue weighted by atomic mass is 10.2. The molecule has 9 heteroatoms. The van der Waals surface area contributed by atoms with Crippen LogP contribution in [0, 0.1) is 10.1 Å². The summed E-state index contributed by atoms with van der Waals surface area (Å²) in [5.74, 6) is -0.0546. The number of nitro benzene ring substituents is 1. The number of nitrogens with zero attached hydrogens (tertiary/aromatic N) is 2. The van der Waals surface area contributed by atoms with E-state index in [0.29, 0.717) is 17.9 Å². The smallest absolute Gasteiger partial charge is 0.271 e. The van der Waals surface area contributed by atoms with E-state index >= 15 is 0 Å². The van der Waals surface area contributed by atoms with Crippen LogP contribution >= 0.6 is 15.9 Å². The zero-order chi connectivity index (χ0) is 21.5. The maximum absolute atomic E-state index is 12.2. The van der Waals surface area contributed by atoms with Gasteiger partial charge in [-0.05, 0) is 48.0 Å². The fraction of sp³-hybridized carbons (Fsp3) is 0.0476. The minimum absolute atomic E-state index is 0.112. The minimum atomic E-state index is -0.588. The normalized spacial score (nSPS) is 10.7. The topological polar surface area (TPSA) is 114 Å². The zero-order valence-electron chi connectivity index (χ0n) is 15.5. The Morgan fingerprint density at radius 1 is 1.13 bits per heavy atom. The van der Waals surface area contributed by atoms with E-state index in [2.05, 4.69) is 26.5 Å². The standard InChI is InChI=1S/C21H16BrN3O5/c22-17-5-1-14(2-6-17)13-30-19-8-3-15(4-9-19)21(27)24-23-12-16-11-18(25(28)29)7-10-20(16)26/h1-12,26H,13H2,(H,24,27)/b23-12+. The van der Waals surface area contributed by atoms with E-state index in [9.17, 15) is 20.0 Å². The third-order valence-corrected chi connectivity index (χ3v) is 4.56. The van der Waals surface area contributed by atoms with E-state index < -0.39 is 10.8 Å². The molecule has 0 unspecified atom stereocenters. The van der Waals surface area contributed by atoms with Crippen LogP contribution in [-0.4, -0.2) is 22.2 Å². The quantitative estimate of drug-likeness (QED) is 0.302. The molecule has 0 aliphatic heterocycles. The molecule has 0 fully saturated rings. The predicted octanol–water partition coefficient (Wildman–Crippen LogP) is 4.41. The van der Waals surface area contributed by atoms with Crippen molar-refractivity contribution in [1.29, 1.82) is 0 Å². The molecular weight excluding hydrogens is 454 g/mol. The number of benzene rings is 3. The first-order valence-corrected chi connectivity index (χ1v) is 9.50. The molecule has 0 atom stereocenters. The van der Waals surface area contributed by atoms with Gasteiger partial charge in [-0.25, -0.2) is 5.43 Å². The van der Waals surface area contributed by atoms with Crippen molar-refractivity contribution in [3.63, 3.8) is 0 Å². The fourth-order valence-corrected chi connectivity index (χ4v) is 2.70. The molecule has 152 valence electrons. The van der Waals surface area contributed by atoms with Crippen LogP contribution in [0.4, 0.5) is 5.69 Å². The molecule has 30 heavy (non-hydrogen) atoms. The van der Waals surface area contributed by atoms with Crippen molar-refractivity contribution in [2.24, 2.45) is 5.10 Å². The lowest BCUT2D eigenvalue weighted by molar-refractivity contribution is -0.384. The first-order chi connectivity index (χ1) is 14.4. The molecule has 0 aromatic heterocycles. The number of carbonyl (C=O) groups excluding carboxylic acids is 1. The minimum Gasteiger partial charge on any atom is -0.507 e. The third kappa shape index (κ3) is 5.65. The van der Waals surface area contributed by atoms with E-state index in [0.717, 1.165) is 22.3 Å². The highest BCUT2D eigenvalue weighted by atomic mass is 79.9. The van der Waals surface area contributed by atoms with Crippen LogP contribution in [0.2, 0.25) is 0 Å². The number of ether oxygens (including phenoxy) is 1. The Kier molecular flexibility index (Phi) is 6.76. The van der Waals surface area contributed by atoms with E-state index in [1.54, 1.807) is 24.3 Å². The van der Waals surface area contributed by atoms with Gasteiger partial charge in [-0.1, -0.05) is 28.1 Å². The second-order valence-electron chi connectivity index (χ2n) is 6.14. The molecule has 0 aliphatic carbocycles. The first kappa shape index (κ1) is 21.0. The van der Waals surface area contributed by atoms with E-state index in [-0.39, 0.29) is 17.0 Å². The largest absolute Gasteiger partial charge is 0.507 e. The van der Waals surface area contributed by atoms with Crippen LogP contribution in [0.1, 0.15) is 21.5 Å². The average molecular weight is 470 g/mol. The van der Waals surface area contributed by atoms with Crippen LogP contribution in [0.3, 0.4) is 0 Å². The number of hydrogen-bond donors (Lipinski definition) is 2. The highest BCUT2D eigenvalue weighted by Crippen LogP contribution is 2.21. The number of rotatable bonds is 7. The lowest BCUT2D eigenvalue weighted by Gasteiger charge is -2.07. The van der Waals surface area contributed by atoms with Crippen LogP contribution in [-0.2, 0) is 6.61 Å². The predicted molar refractivity (Wildman–Crippen MR) is 115 cm³/mol. The number of amides is 1. The SMILES string of the molecule is O=C(N/N=C/c1cc([N+](=O)[O-])ccc1O)c1ccc(OCc2ccc(Br)cc2)cc1. The monoisotopic (exact) mass is 469 g/mol. The van der Waals surface area contributed by atoms with Gasteiger partial charge >= 0.3 is 0 Å². The van der Waals surface area contributed by atoms with E-state index in [1.165, 1.54) is 12.1 Å². The van der Waals surface area contributed by atoms with E-state index in [4.69, 9.17) is 4.74 Å². The maximum atomic E-state index is 12.2. The Hall–Kier alpha value is -3.72. The summed E-state index contributed by atoms with van der Waals surface area (Å²) in [6.07, 6.45) is 1.13. The number of nitrogens with one attached hydrogen (secondary N) is 1. The highest BCUT2D eigenvalue weighted by Gasteiger charge is 2.09. The molecule has 2 N–H and O–H groups in total. The zero-order valence-corrected chi connectivity index (χ0v) is 17.1. The number of hydrogen-bond acceptors (Lipinski definition) is 6. The molecule has 0 saturated heterocycles. The number of halogens is 1. The molecule has 0 bridgehead atoms. The molecule has 0 heterocycles. The third-order valence-electron chi connectivity index (χ3n) is 4.03. The van der Waals surface area contributed by atoms with Gasteiger partial charge in [0.1, 0.15) is 18.1 Å². The Bertz CT molecular complexity index is 1080. The van der Waals surface area contributed by atoms with Crippen LogP contribution in [0.5, 0.6) is 11.5 Å². The van der Waals surface area contributed by atoms with Crippen molar-refractivity contribution in [3.05, 3.63) is 98.0 Å². The summed E-state index contributed by atoms with van der Waals surface area (Å²) >= 11 is 3.38. The number of nitro groups is 1. The fourth-order valence-electron chi connectivity index (χ4n) is 2.43. The number of phenols is 1.